The Kier molecular flexibility index (Phi) is 13.8. The summed E-state index contributed by atoms with van der Waals surface area (Å²) in [6.07, 6.45) is -9.86. The van der Waals surface area contributed by atoms with Gasteiger partial charge in [0.15, 0.2) is 30.9 Å². The van der Waals surface area contributed by atoms with Gasteiger partial charge < -0.3 is 47.4 Å². The zero-order valence-electron chi connectivity index (χ0n) is 27.5. The van der Waals surface area contributed by atoms with E-state index in [2.05, 4.69) is 0 Å². The molecule has 2 fully saturated rings. The molecule has 4 rings (SSSR count). The molecule has 14 nitrogen and oxygen atoms in total. The van der Waals surface area contributed by atoms with E-state index >= 15 is 0 Å². The van der Waals surface area contributed by atoms with Gasteiger partial charge in [0.05, 0.1) is 19.8 Å². The number of hydrogen-bond acceptors (Lipinski definition) is 14. The van der Waals surface area contributed by atoms with Gasteiger partial charge in [0.1, 0.15) is 31.0 Å². The van der Waals surface area contributed by atoms with Crippen LogP contribution in [-0.2, 0) is 79.8 Å². The molecule has 1 unspecified atom stereocenters. The van der Waals surface area contributed by atoms with E-state index in [9.17, 15) is 19.2 Å². The predicted molar refractivity (Wildman–Crippen MR) is 164 cm³/mol. The van der Waals surface area contributed by atoms with Crippen molar-refractivity contribution in [2.24, 2.45) is 0 Å². The Balaban J connectivity index is 1.67. The molecule has 2 saturated heterocycles. The highest BCUT2D eigenvalue weighted by Gasteiger charge is 2.54. The lowest BCUT2D eigenvalue weighted by molar-refractivity contribution is -0.380. The molecular weight excluding hydrogens is 632 g/mol. The number of fused-ring (bicyclic) bond motifs is 1. The number of carbonyl (C=O) groups is 4. The minimum atomic E-state index is -1.51. The molecule has 0 aliphatic carbocycles. The Bertz CT molecular complexity index is 1340. The minimum absolute atomic E-state index is 0.0848. The molecule has 2 aromatic carbocycles. The van der Waals surface area contributed by atoms with Gasteiger partial charge in [-0.25, -0.2) is 0 Å². The third-order valence-electron chi connectivity index (χ3n) is 7.44. The van der Waals surface area contributed by atoms with Crippen molar-refractivity contribution in [1.82, 2.24) is 0 Å². The Labute approximate surface area is 278 Å². The quantitative estimate of drug-likeness (QED) is 0.200. The first-order valence-electron chi connectivity index (χ1n) is 15.5. The van der Waals surface area contributed by atoms with E-state index in [1.807, 2.05) is 60.7 Å². The highest BCUT2D eigenvalue weighted by Crippen LogP contribution is 2.35. The summed E-state index contributed by atoms with van der Waals surface area (Å²) >= 11 is 0. The molecule has 48 heavy (non-hydrogen) atoms. The summed E-state index contributed by atoms with van der Waals surface area (Å²) < 4.78 is 58.8. The van der Waals surface area contributed by atoms with Gasteiger partial charge in [-0.1, -0.05) is 60.7 Å². The molecule has 0 bridgehead atoms. The Morgan fingerprint density at radius 2 is 1.29 bits per heavy atom. The summed E-state index contributed by atoms with van der Waals surface area (Å²) in [5, 5.41) is 0. The van der Waals surface area contributed by atoms with E-state index in [0.717, 1.165) is 38.8 Å². The SMILES string of the molecule is CO[C@@H]1O[C@@H]2COC([C@@H](OC(C)=O)[C@H](OC(C)=O)[C@@H](COC(C)=O)OC(C)=O)O[C@@H]2[C@H](OCc2ccccc2)[C@H]1OCc1ccccc1. The van der Waals surface area contributed by atoms with E-state index in [1.54, 1.807) is 0 Å². The number of methoxy groups -OCH3 is 1. The van der Waals surface area contributed by atoms with Crippen molar-refractivity contribution in [3.05, 3.63) is 71.8 Å². The summed E-state index contributed by atoms with van der Waals surface area (Å²) in [7, 11) is 1.49. The lowest BCUT2D eigenvalue weighted by Gasteiger charge is -2.49. The molecule has 0 radical (unpaired) electrons. The van der Waals surface area contributed by atoms with Crippen LogP contribution in [0.15, 0.2) is 60.7 Å². The molecule has 9 atom stereocenters. The van der Waals surface area contributed by atoms with Crippen LogP contribution >= 0.6 is 0 Å². The fraction of sp³-hybridized carbons (Fsp3) is 0.529. The number of carbonyl (C=O) groups excluding carboxylic acids is 4. The van der Waals surface area contributed by atoms with Crippen LogP contribution in [0.5, 0.6) is 0 Å². The summed E-state index contributed by atoms with van der Waals surface area (Å²) in [6, 6.07) is 19.0. The van der Waals surface area contributed by atoms with Gasteiger partial charge >= 0.3 is 23.9 Å². The van der Waals surface area contributed by atoms with Gasteiger partial charge in [-0.05, 0) is 11.1 Å². The van der Waals surface area contributed by atoms with Crippen LogP contribution < -0.4 is 0 Å². The second kappa shape index (κ2) is 18.0. The fourth-order valence-corrected chi connectivity index (χ4v) is 5.45. The number of ether oxygens (including phenoxy) is 10. The third kappa shape index (κ3) is 10.5. The van der Waals surface area contributed by atoms with Gasteiger partial charge in [-0.15, -0.1) is 0 Å². The van der Waals surface area contributed by atoms with Crippen LogP contribution in [-0.4, -0.2) is 99.5 Å². The maximum absolute atomic E-state index is 12.4. The van der Waals surface area contributed by atoms with Crippen LogP contribution in [0.4, 0.5) is 0 Å². The van der Waals surface area contributed by atoms with Gasteiger partial charge in [0.25, 0.3) is 0 Å². The van der Waals surface area contributed by atoms with E-state index in [-0.39, 0.29) is 19.8 Å². The van der Waals surface area contributed by atoms with Crippen molar-refractivity contribution in [3.8, 4) is 0 Å². The second-order valence-corrected chi connectivity index (χ2v) is 11.2. The fourth-order valence-electron chi connectivity index (χ4n) is 5.45. The normalized spacial score (nSPS) is 25.4. The van der Waals surface area contributed by atoms with Crippen LogP contribution in [0, 0.1) is 0 Å². The number of benzene rings is 2. The summed E-state index contributed by atoms with van der Waals surface area (Å²) in [4.78, 5) is 48.4. The van der Waals surface area contributed by atoms with Gasteiger partial charge in [0, 0.05) is 34.8 Å². The Hall–Kier alpha value is -3.92. The van der Waals surface area contributed by atoms with E-state index in [4.69, 9.17) is 47.4 Å². The first-order chi connectivity index (χ1) is 23.0. The second-order valence-electron chi connectivity index (χ2n) is 11.2. The van der Waals surface area contributed by atoms with Crippen LogP contribution in [0.1, 0.15) is 38.8 Å². The molecule has 2 aliphatic heterocycles. The molecule has 0 amide bonds. The maximum Gasteiger partial charge on any atom is 0.303 e. The van der Waals surface area contributed by atoms with E-state index < -0.39 is 85.8 Å². The van der Waals surface area contributed by atoms with Gasteiger partial charge in [-0.2, -0.15) is 0 Å². The summed E-state index contributed by atoms with van der Waals surface area (Å²) in [5.41, 5.74) is 1.80. The zero-order chi connectivity index (χ0) is 34.6. The zero-order valence-corrected chi connectivity index (χ0v) is 27.5. The average Bonchev–Trinajstić information content (AvgIpc) is 3.06. The molecule has 14 heteroatoms. The number of esters is 4. The molecule has 0 aromatic heterocycles. The predicted octanol–water partition coefficient (Wildman–Crippen LogP) is 2.63. The van der Waals surface area contributed by atoms with Crippen molar-refractivity contribution < 1.29 is 66.5 Å². The molecule has 0 saturated carbocycles. The smallest absolute Gasteiger partial charge is 0.303 e. The van der Waals surface area contributed by atoms with Crippen LogP contribution in [0.3, 0.4) is 0 Å². The van der Waals surface area contributed by atoms with Gasteiger partial charge in [0.2, 0.25) is 0 Å². The standard InChI is InChI=1S/C34H42O14/c1-20(35)40-18-26(44-21(2)36)29(45-22(3)37)32(46-23(4)38)34-43-19-27-28(48-34)30(41-16-24-12-8-6-9-13-24)31(33(39-5)47-27)42-17-25-14-10-7-11-15-25/h6-15,26-34H,16-19H2,1-5H3/t26-,27-,28+,29-,30+,31-,32+,33-,34?/m1/s1. The van der Waals surface area contributed by atoms with Crippen LogP contribution in [0.2, 0.25) is 0 Å². The molecular formula is C34H42O14. The highest BCUT2D eigenvalue weighted by atomic mass is 16.8. The largest absolute Gasteiger partial charge is 0.462 e. The minimum Gasteiger partial charge on any atom is -0.462 e. The van der Waals surface area contributed by atoms with Crippen molar-refractivity contribution in [3.63, 3.8) is 0 Å². The number of hydrogen-bond donors (Lipinski definition) is 0. The Morgan fingerprint density at radius 1 is 0.729 bits per heavy atom. The average molecular weight is 675 g/mol. The van der Waals surface area contributed by atoms with Crippen molar-refractivity contribution in [2.45, 2.75) is 96.2 Å². The summed E-state index contributed by atoms with van der Waals surface area (Å²) in [6.45, 7) is 4.34. The highest BCUT2D eigenvalue weighted by molar-refractivity contribution is 5.68. The molecule has 2 aliphatic rings. The monoisotopic (exact) mass is 674 g/mol. The van der Waals surface area contributed by atoms with E-state index in [0.29, 0.717) is 0 Å². The van der Waals surface area contributed by atoms with Crippen LogP contribution in [0.25, 0.3) is 0 Å². The van der Waals surface area contributed by atoms with Crippen molar-refractivity contribution in [2.75, 3.05) is 20.3 Å². The maximum atomic E-state index is 12.4. The molecule has 0 spiro atoms. The topological polar surface area (TPSA) is 161 Å². The summed E-state index contributed by atoms with van der Waals surface area (Å²) in [5.74, 6) is -3.03. The molecule has 262 valence electrons. The molecule has 2 heterocycles. The van der Waals surface area contributed by atoms with E-state index in [1.165, 1.54) is 7.11 Å². The lowest BCUT2D eigenvalue weighted by Crippen LogP contribution is -2.66. The molecule has 0 N–H and O–H groups in total. The first kappa shape index (κ1) is 36.9. The Morgan fingerprint density at radius 3 is 1.81 bits per heavy atom. The van der Waals surface area contributed by atoms with Gasteiger partial charge in [-0.3, -0.25) is 19.2 Å². The third-order valence-corrected chi connectivity index (χ3v) is 7.44. The number of rotatable bonds is 15. The first-order valence-corrected chi connectivity index (χ1v) is 15.5. The molecule has 2 aromatic rings. The van der Waals surface area contributed by atoms with Crippen molar-refractivity contribution in [1.29, 1.82) is 0 Å². The lowest BCUT2D eigenvalue weighted by atomic mass is 9.96. The van der Waals surface area contributed by atoms with Crippen molar-refractivity contribution >= 4 is 23.9 Å².